The van der Waals surface area contributed by atoms with Gasteiger partial charge in [-0.1, -0.05) is 60.7 Å². The van der Waals surface area contributed by atoms with Crippen LogP contribution in [0.25, 0.3) is 0 Å². The summed E-state index contributed by atoms with van der Waals surface area (Å²) in [7, 11) is 0. The molecule has 0 saturated heterocycles. The molecule has 0 N–H and O–H groups in total. The van der Waals surface area contributed by atoms with Gasteiger partial charge in [0.05, 0.1) is 6.04 Å². The zero-order valence-corrected chi connectivity index (χ0v) is 13.3. The van der Waals surface area contributed by atoms with Crippen LogP contribution in [0.4, 0.5) is 0 Å². The number of hydrogen-bond donors (Lipinski definition) is 0. The van der Waals surface area contributed by atoms with Crippen LogP contribution in [0, 0.1) is 0 Å². The quantitative estimate of drug-likeness (QED) is 0.719. The van der Waals surface area contributed by atoms with Crippen LogP contribution in [0.5, 0.6) is 0 Å². The molecule has 118 valence electrons. The maximum absolute atomic E-state index is 13.1. The first-order valence-corrected chi connectivity index (χ1v) is 8.19. The Morgan fingerprint density at radius 3 is 2.46 bits per heavy atom. The second kappa shape index (κ2) is 6.28. The van der Waals surface area contributed by atoms with Crippen LogP contribution < -0.4 is 0 Å². The van der Waals surface area contributed by atoms with Gasteiger partial charge < -0.3 is 4.90 Å². The number of pyridine rings is 1. The zero-order chi connectivity index (χ0) is 16.4. The summed E-state index contributed by atoms with van der Waals surface area (Å²) in [5.41, 5.74) is 4.15. The summed E-state index contributed by atoms with van der Waals surface area (Å²) < 4.78 is 0. The summed E-state index contributed by atoms with van der Waals surface area (Å²) in [5.74, 6) is -0.0149. The van der Waals surface area contributed by atoms with E-state index in [1.165, 1.54) is 11.1 Å². The number of hydrogen-bond acceptors (Lipinski definition) is 2. The van der Waals surface area contributed by atoms with E-state index >= 15 is 0 Å². The molecule has 0 bridgehead atoms. The summed E-state index contributed by atoms with van der Waals surface area (Å²) in [4.78, 5) is 19.2. The molecule has 1 aliphatic rings. The van der Waals surface area contributed by atoms with Gasteiger partial charge in [-0.25, -0.2) is 0 Å². The molecule has 24 heavy (non-hydrogen) atoms. The molecule has 0 radical (unpaired) electrons. The van der Waals surface area contributed by atoms with Crippen LogP contribution in [0.3, 0.4) is 0 Å². The minimum Gasteiger partial charge on any atom is -0.326 e. The van der Waals surface area contributed by atoms with Gasteiger partial charge in [0, 0.05) is 12.7 Å². The summed E-state index contributed by atoms with van der Waals surface area (Å²) in [6, 6.07) is 24.0. The van der Waals surface area contributed by atoms with E-state index < -0.39 is 0 Å². The minimum absolute atomic E-state index is 0.0149. The van der Waals surface area contributed by atoms with Gasteiger partial charge in [-0.2, -0.15) is 0 Å². The predicted octanol–water partition coefficient (Wildman–Crippen LogP) is 3.87. The van der Waals surface area contributed by atoms with Gasteiger partial charge in [-0.05, 0) is 35.2 Å². The Hall–Kier alpha value is -2.94. The standard InChI is InChI=1S/C21H18N2O/c24-21(19-12-6-7-14-22-19)23-15-13-16-8-4-5-11-18(16)20(23)17-9-2-1-3-10-17/h1-12,14,20H,13,15H2. The summed E-state index contributed by atoms with van der Waals surface area (Å²) >= 11 is 0. The number of rotatable bonds is 2. The smallest absolute Gasteiger partial charge is 0.273 e. The molecule has 1 aliphatic heterocycles. The fourth-order valence-corrected chi connectivity index (χ4v) is 3.42. The van der Waals surface area contributed by atoms with Crippen LogP contribution in [0.1, 0.15) is 33.2 Å². The summed E-state index contributed by atoms with van der Waals surface area (Å²) in [6.45, 7) is 0.700. The maximum Gasteiger partial charge on any atom is 0.273 e. The van der Waals surface area contributed by atoms with Crippen LogP contribution in [-0.4, -0.2) is 22.3 Å². The number of carbonyl (C=O) groups excluding carboxylic acids is 1. The molecular weight excluding hydrogens is 296 g/mol. The van der Waals surface area contributed by atoms with Crippen molar-refractivity contribution in [2.24, 2.45) is 0 Å². The number of nitrogens with zero attached hydrogens (tertiary/aromatic N) is 2. The van der Waals surface area contributed by atoms with E-state index in [0.29, 0.717) is 12.2 Å². The lowest BCUT2D eigenvalue weighted by molar-refractivity contribution is 0.0688. The van der Waals surface area contributed by atoms with Crippen molar-refractivity contribution in [3.8, 4) is 0 Å². The SMILES string of the molecule is O=C(c1ccccn1)N1CCc2ccccc2C1c1ccccc1. The summed E-state index contributed by atoms with van der Waals surface area (Å²) in [5, 5.41) is 0. The highest BCUT2D eigenvalue weighted by Gasteiger charge is 2.32. The fraction of sp³-hybridized carbons (Fsp3) is 0.143. The Kier molecular flexibility index (Phi) is 3.83. The van der Waals surface area contributed by atoms with Gasteiger partial charge in [-0.15, -0.1) is 0 Å². The molecule has 3 nitrogen and oxygen atoms in total. The van der Waals surface area contributed by atoms with E-state index in [2.05, 4.69) is 35.3 Å². The monoisotopic (exact) mass is 314 g/mol. The van der Waals surface area contributed by atoms with Crippen molar-refractivity contribution in [1.82, 2.24) is 9.88 Å². The average Bonchev–Trinajstić information content (AvgIpc) is 2.68. The number of benzene rings is 2. The van der Waals surface area contributed by atoms with E-state index in [1.54, 1.807) is 12.3 Å². The van der Waals surface area contributed by atoms with Crippen molar-refractivity contribution in [2.75, 3.05) is 6.54 Å². The number of carbonyl (C=O) groups is 1. The topological polar surface area (TPSA) is 33.2 Å². The average molecular weight is 314 g/mol. The van der Waals surface area contributed by atoms with Crippen molar-refractivity contribution in [2.45, 2.75) is 12.5 Å². The normalized spacial score (nSPS) is 16.5. The molecule has 1 unspecified atom stereocenters. The molecule has 1 atom stereocenters. The number of fused-ring (bicyclic) bond motifs is 1. The van der Waals surface area contributed by atoms with Gasteiger partial charge in [0.1, 0.15) is 5.69 Å². The largest absolute Gasteiger partial charge is 0.326 e. The Morgan fingerprint density at radius 1 is 0.917 bits per heavy atom. The molecule has 0 fully saturated rings. The second-order valence-corrected chi connectivity index (χ2v) is 5.98. The first-order valence-electron chi connectivity index (χ1n) is 8.19. The molecule has 0 aliphatic carbocycles. The Balaban J connectivity index is 1.80. The number of amides is 1. The molecule has 4 rings (SSSR count). The highest BCUT2D eigenvalue weighted by atomic mass is 16.2. The van der Waals surface area contributed by atoms with E-state index in [1.807, 2.05) is 41.3 Å². The van der Waals surface area contributed by atoms with E-state index in [4.69, 9.17) is 0 Å². The van der Waals surface area contributed by atoms with Gasteiger partial charge in [0.25, 0.3) is 5.91 Å². The molecule has 1 aromatic heterocycles. The molecular formula is C21H18N2O. The van der Waals surface area contributed by atoms with Gasteiger partial charge in [0.15, 0.2) is 0 Å². The summed E-state index contributed by atoms with van der Waals surface area (Å²) in [6.07, 6.45) is 2.54. The van der Waals surface area contributed by atoms with Crippen LogP contribution in [0.2, 0.25) is 0 Å². The molecule has 0 spiro atoms. The van der Waals surface area contributed by atoms with Gasteiger partial charge in [-0.3, -0.25) is 9.78 Å². The lowest BCUT2D eigenvalue weighted by Crippen LogP contribution is -2.40. The van der Waals surface area contributed by atoms with Crippen molar-refractivity contribution < 1.29 is 4.79 Å². The Morgan fingerprint density at radius 2 is 1.67 bits per heavy atom. The van der Waals surface area contributed by atoms with E-state index in [-0.39, 0.29) is 11.9 Å². The molecule has 1 amide bonds. The van der Waals surface area contributed by atoms with Crippen LogP contribution in [0.15, 0.2) is 79.0 Å². The van der Waals surface area contributed by atoms with Crippen molar-refractivity contribution in [3.05, 3.63) is 101 Å². The van der Waals surface area contributed by atoms with Crippen molar-refractivity contribution >= 4 is 5.91 Å². The first kappa shape index (κ1) is 14.6. The third-order valence-corrected chi connectivity index (χ3v) is 4.54. The van der Waals surface area contributed by atoms with Gasteiger partial charge >= 0.3 is 0 Å². The zero-order valence-electron chi connectivity index (χ0n) is 13.3. The lowest BCUT2D eigenvalue weighted by atomic mass is 9.88. The van der Waals surface area contributed by atoms with Crippen LogP contribution >= 0.6 is 0 Å². The van der Waals surface area contributed by atoms with E-state index in [0.717, 1.165) is 12.0 Å². The Labute approximate surface area is 141 Å². The third kappa shape index (κ3) is 2.58. The number of aromatic nitrogens is 1. The van der Waals surface area contributed by atoms with Crippen molar-refractivity contribution in [1.29, 1.82) is 0 Å². The second-order valence-electron chi connectivity index (χ2n) is 5.98. The minimum atomic E-state index is -0.0642. The molecule has 3 aromatic rings. The molecule has 3 heteroatoms. The van der Waals surface area contributed by atoms with Crippen LogP contribution in [-0.2, 0) is 6.42 Å². The predicted molar refractivity (Wildman–Crippen MR) is 93.7 cm³/mol. The molecule has 2 aromatic carbocycles. The molecule has 0 saturated carbocycles. The Bertz CT molecular complexity index is 846. The van der Waals surface area contributed by atoms with Crippen molar-refractivity contribution in [3.63, 3.8) is 0 Å². The fourth-order valence-electron chi connectivity index (χ4n) is 3.42. The molecule has 2 heterocycles. The highest BCUT2D eigenvalue weighted by Crippen LogP contribution is 2.35. The van der Waals surface area contributed by atoms with Gasteiger partial charge in [0.2, 0.25) is 0 Å². The first-order chi connectivity index (χ1) is 11.8. The highest BCUT2D eigenvalue weighted by molar-refractivity contribution is 5.93. The maximum atomic E-state index is 13.1. The third-order valence-electron chi connectivity index (χ3n) is 4.54. The lowest BCUT2D eigenvalue weighted by Gasteiger charge is -2.37. The van der Waals surface area contributed by atoms with E-state index in [9.17, 15) is 4.79 Å².